The summed E-state index contributed by atoms with van der Waals surface area (Å²) in [6.45, 7) is 8.55. The van der Waals surface area contributed by atoms with Crippen LogP contribution in [0.5, 0.6) is 0 Å². The molecule has 0 radical (unpaired) electrons. The lowest BCUT2D eigenvalue weighted by Crippen LogP contribution is -2.11. The number of carbonyl (C=O) groups excluding carboxylic acids is 1. The highest BCUT2D eigenvalue weighted by Crippen LogP contribution is 2.27. The Bertz CT molecular complexity index is 1460. The largest absolute Gasteiger partial charge is 0.340 e. The van der Waals surface area contributed by atoms with E-state index in [1.54, 1.807) is 10.9 Å². The molecule has 0 bridgehead atoms. The molecule has 1 amide bonds. The van der Waals surface area contributed by atoms with Crippen molar-refractivity contribution in [3.8, 4) is 0 Å². The van der Waals surface area contributed by atoms with Crippen molar-refractivity contribution in [2.75, 3.05) is 5.32 Å². The number of anilines is 1. The normalized spacial score (nSPS) is 11.3. The standard InChI is InChI=1S/C27H28N6O/c1-4-31-15-22(13-28-31)16-32-18-24(14-29-32)30-27(34)23-10-11-26-25(12-23)19(2)20(3)33(26)17-21-8-6-5-7-9-21/h5-15,18H,4,16-17H2,1-3H3,(H,30,34). The second kappa shape index (κ2) is 9.02. The summed E-state index contributed by atoms with van der Waals surface area (Å²) in [7, 11) is 0. The Morgan fingerprint density at radius 1 is 0.912 bits per heavy atom. The van der Waals surface area contributed by atoms with Crippen molar-refractivity contribution in [1.29, 1.82) is 0 Å². The van der Waals surface area contributed by atoms with Crippen LogP contribution in [0.25, 0.3) is 10.9 Å². The van der Waals surface area contributed by atoms with Gasteiger partial charge in [-0.15, -0.1) is 0 Å². The first-order valence-corrected chi connectivity index (χ1v) is 11.5. The fraction of sp³-hybridized carbons (Fsp3) is 0.222. The lowest BCUT2D eigenvalue weighted by molar-refractivity contribution is 0.102. The Kier molecular flexibility index (Phi) is 5.76. The summed E-state index contributed by atoms with van der Waals surface area (Å²) < 4.78 is 5.99. The fourth-order valence-electron chi connectivity index (χ4n) is 4.33. The van der Waals surface area contributed by atoms with Gasteiger partial charge in [-0.2, -0.15) is 10.2 Å². The molecule has 0 saturated heterocycles. The fourth-order valence-corrected chi connectivity index (χ4v) is 4.33. The zero-order valence-electron chi connectivity index (χ0n) is 19.7. The van der Waals surface area contributed by atoms with E-state index in [0.29, 0.717) is 17.8 Å². The minimum absolute atomic E-state index is 0.145. The predicted octanol–water partition coefficient (Wildman–Crippen LogP) is 5.02. The van der Waals surface area contributed by atoms with Gasteiger partial charge in [-0.25, -0.2) is 0 Å². The number of amides is 1. The van der Waals surface area contributed by atoms with Crippen LogP contribution >= 0.6 is 0 Å². The summed E-state index contributed by atoms with van der Waals surface area (Å²) in [5.74, 6) is -0.145. The number of hydrogen-bond donors (Lipinski definition) is 1. The van der Waals surface area contributed by atoms with Crippen LogP contribution in [-0.4, -0.2) is 30.0 Å². The molecule has 0 aliphatic carbocycles. The topological polar surface area (TPSA) is 69.7 Å². The van der Waals surface area contributed by atoms with E-state index in [-0.39, 0.29) is 5.91 Å². The average molecular weight is 453 g/mol. The van der Waals surface area contributed by atoms with E-state index in [1.165, 1.54) is 16.8 Å². The van der Waals surface area contributed by atoms with Crippen LogP contribution in [0.1, 0.15) is 39.7 Å². The number of rotatable bonds is 7. The van der Waals surface area contributed by atoms with Crippen molar-refractivity contribution >= 4 is 22.5 Å². The van der Waals surface area contributed by atoms with Crippen molar-refractivity contribution < 1.29 is 4.79 Å². The van der Waals surface area contributed by atoms with Gasteiger partial charge in [0, 0.05) is 53.2 Å². The van der Waals surface area contributed by atoms with E-state index in [2.05, 4.69) is 65.1 Å². The maximum absolute atomic E-state index is 13.0. The van der Waals surface area contributed by atoms with Crippen LogP contribution in [0.4, 0.5) is 5.69 Å². The summed E-state index contributed by atoms with van der Waals surface area (Å²) in [6, 6.07) is 16.3. The highest BCUT2D eigenvalue weighted by Gasteiger charge is 2.15. The number of nitrogens with one attached hydrogen (secondary N) is 1. The molecule has 2 aromatic carbocycles. The molecule has 0 aliphatic rings. The smallest absolute Gasteiger partial charge is 0.255 e. The van der Waals surface area contributed by atoms with Crippen LogP contribution in [-0.2, 0) is 19.6 Å². The molecular formula is C27H28N6O. The van der Waals surface area contributed by atoms with Crippen LogP contribution < -0.4 is 5.32 Å². The first-order valence-electron chi connectivity index (χ1n) is 11.5. The second-order valence-corrected chi connectivity index (χ2v) is 8.60. The first kappa shape index (κ1) is 21.7. The molecule has 1 N–H and O–H groups in total. The quantitative estimate of drug-likeness (QED) is 0.377. The molecule has 172 valence electrons. The van der Waals surface area contributed by atoms with Crippen LogP contribution in [0.15, 0.2) is 73.3 Å². The number of fused-ring (bicyclic) bond motifs is 1. The van der Waals surface area contributed by atoms with Gasteiger partial charge in [0.15, 0.2) is 0 Å². The van der Waals surface area contributed by atoms with Gasteiger partial charge >= 0.3 is 0 Å². The van der Waals surface area contributed by atoms with Gasteiger partial charge in [-0.3, -0.25) is 14.2 Å². The van der Waals surface area contributed by atoms with E-state index in [4.69, 9.17) is 0 Å². The molecule has 3 aromatic heterocycles. The maximum Gasteiger partial charge on any atom is 0.255 e. The molecule has 0 atom stereocenters. The molecule has 0 spiro atoms. The molecule has 5 aromatic rings. The number of aryl methyl sites for hydroxylation is 2. The van der Waals surface area contributed by atoms with Gasteiger partial charge in [0.1, 0.15) is 0 Å². The van der Waals surface area contributed by atoms with Gasteiger partial charge < -0.3 is 9.88 Å². The van der Waals surface area contributed by atoms with E-state index in [0.717, 1.165) is 29.6 Å². The Balaban J connectivity index is 1.34. The number of benzene rings is 2. The van der Waals surface area contributed by atoms with E-state index in [1.807, 2.05) is 47.5 Å². The maximum atomic E-state index is 13.0. The highest BCUT2D eigenvalue weighted by atomic mass is 16.1. The van der Waals surface area contributed by atoms with E-state index in [9.17, 15) is 4.79 Å². The van der Waals surface area contributed by atoms with Crippen LogP contribution in [0.3, 0.4) is 0 Å². The lowest BCUT2D eigenvalue weighted by atomic mass is 10.1. The summed E-state index contributed by atoms with van der Waals surface area (Å²) in [5, 5.41) is 12.7. The Morgan fingerprint density at radius 2 is 1.71 bits per heavy atom. The summed E-state index contributed by atoms with van der Waals surface area (Å²) in [4.78, 5) is 13.0. The van der Waals surface area contributed by atoms with Crippen molar-refractivity contribution in [2.45, 2.75) is 40.4 Å². The average Bonchev–Trinajstić information content (AvgIpc) is 3.56. The van der Waals surface area contributed by atoms with Gasteiger partial charge in [0.2, 0.25) is 0 Å². The number of aromatic nitrogens is 5. The Hall–Kier alpha value is -4.13. The van der Waals surface area contributed by atoms with Crippen LogP contribution in [0.2, 0.25) is 0 Å². The third-order valence-corrected chi connectivity index (χ3v) is 6.33. The molecule has 34 heavy (non-hydrogen) atoms. The van der Waals surface area contributed by atoms with Crippen molar-refractivity contribution in [2.24, 2.45) is 0 Å². The van der Waals surface area contributed by atoms with E-state index < -0.39 is 0 Å². The Labute approximate surface area is 198 Å². The van der Waals surface area contributed by atoms with Gasteiger partial charge in [0.05, 0.1) is 24.6 Å². The van der Waals surface area contributed by atoms with Gasteiger partial charge in [-0.1, -0.05) is 30.3 Å². The number of hydrogen-bond acceptors (Lipinski definition) is 3. The molecule has 7 heteroatoms. The third-order valence-electron chi connectivity index (χ3n) is 6.33. The molecule has 3 heterocycles. The predicted molar refractivity (Wildman–Crippen MR) is 134 cm³/mol. The second-order valence-electron chi connectivity index (χ2n) is 8.60. The highest BCUT2D eigenvalue weighted by molar-refractivity contribution is 6.06. The number of nitrogens with zero attached hydrogens (tertiary/aromatic N) is 5. The third kappa shape index (κ3) is 4.24. The number of carbonyl (C=O) groups is 1. The molecule has 0 aliphatic heterocycles. The summed E-state index contributed by atoms with van der Waals surface area (Å²) in [5.41, 5.74) is 7.16. The summed E-state index contributed by atoms with van der Waals surface area (Å²) in [6.07, 6.45) is 7.36. The molecule has 5 rings (SSSR count). The molecular weight excluding hydrogens is 424 g/mol. The minimum Gasteiger partial charge on any atom is -0.340 e. The lowest BCUT2D eigenvalue weighted by Gasteiger charge is -2.09. The summed E-state index contributed by atoms with van der Waals surface area (Å²) >= 11 is 0. The molecule has 0 saturated carbocycles. The first-order chi connectivity index (χ1) is 16.5. The monoisotopic (exact) mass is 452 g/mol. The Morgan fingerprint density at radius 3 is 2.47 bits per heavy atom. The SMILES string of the molecule is CCn1cc(Cn2cc(NC(=O)c3ccc4c(c3)c(C)c(C)n4Cc3ccccc3)cn2)cn1. The zero-order chi connectivity index (χ0) is 23.7. The van der Waals surface area contributed by atoms with Crippen molar-refractivity contribution in [3.05, 3.63) is 101 Å². The van der Waals surface area contributed by atoms with Crippen LogP contribution in [0, 0.1) is 13.8 Å². The molecule has 0 unspecified atom stereocenters. The van der Waals surface area contributed by atoms with Crippen molar-refractivity contribution in [3.63, 3.8) is 0 Å². The van der Waals surface area contributed by atoms with Gasteiger partial charge in [-0.05, 0) is 50.1 Å². The zero-order valence-corrected chi connectivity index (χ0v) is 19.7. The minimum atomic E-state index is -0.145. The molecule has 7 nitrogen and oxygen atoms in total. The van der Waals surface area contributed by atoms with Crippen molar-refractivity contribution in [1.82, 2.24) is 24.1 Å². The van der Waals surface area contributed by atoms with E-state index >= 15 is 0 Å². The van der Waals surface area contributed by atoms with Gasteiger partial charge in [0.25, 0.3) is 5.91 Å². The molecule has 0 fully saturated rings.